The van der Waals surface area contributed by atoms with Crippen LogP contribution < -0.4 is 10.2 Å². The lowest BCUT2D eigenvalue weighted by atomic mass is 10.1. The Morgan fingerprint density at radius 2 is 1.71 bits per heavy atom. The molecular weight excluding hydrogens is 356 g/mol. The number of benzene rings is 2. The van der Waals surface area contributed by atoms with E-state index < -0.39 is 4.92 Å². The summed E-state index contributed by atoms with van der Waals surface area (Å²) in [5.74, 6) is 0. The van der Waals surface area contributed by atoms with Crippen LogP contribution in [-0.2, 0) is 6.42 Å². The van der Waals surface area contributed by atoms with Crippen LogP contribution in [0.4, 0.5) is 16.2 Å². The number of hydrogen-bond acceptors (Lipinski definition) is 4. The molecule has 0 saturated carbocycles. The van der Waals surface area contributed by atoms with Gasteiger partial charge in [-0.15, -0.1) is 0 Å². The van der Waals surface area contributed by atoms with Crippen LogP contribution in [0.25, 0.3) is 0 Å². The SMILES string of the molecule is C[C@@H](CCc1ccccc1)NC(=O)N1CCN(c2ccc([N+](=O)[O-])cc2)CC1. The van der Waals surface area contributed by atoms with Crippen molar-refractivity contribution in [1.29, 1.82) is 0 Å². The molecule has 2 aromatic rings. The quantitative estimate of drug-likeness (QED) is 0.613. The fourth-order valence-corrected chi connectivity index (χ4v) is 3.35. The first-order valence-corrected chi connectivity index (χ1v) is 9.61. The summed E-state index contributed by atoms with van der Waals surface area (Å²) in [4.78, 5) is 26.8. The summed E-state index contributed by atoms with van der Waals surface area (Å²) in [5, 5.41) is 13.9. The summed E-state index contributed by atoms with van der Waals surface area (Å²) in [7, 11) is 0. The third-order valence-electron chi connectivity index (χ3n) is 5.07. The highest BCUT2D eigenvalue weighted by molar-refractivity contribution is 5.75. The number of amides is 2. The zero-order valence-electron chi connectivity index (χ0n) is 16.1. The maximum Gasteiger partial charge on any atom is 0.317 e. The van der Waals surface area contributed by atoms with E-state index >= 15 is 0 Å². The van der Waals surface area contributed by atoms with E-state index in [1.165, 1.54) is 17.7 Å². The Kier molecular flexibility index (Phi) is 6.47. The highest BCUT2D eigenvalue weighted by Crippen LogP contribution is 2.20. The van der Waals surface area contributed by atoms with Gasteiger partial charge >= 0.3 is 6.03 Å². The second-order valence-corrected chi connectivity index (χ2v) is 7.12. The van der Waals surface area contributed by atoms with Crippen molar-refractivity contribution >= 4 is 17.4 Å². The molecule has 2 amide bonds. The maximum atomic E-state index is 12.5. The first-order chi connectivity index (χ1) is 13.5. The van der Waals surface area contributed by atoms with Gasteiger partial charge in [0.2, 0.25) is 0 Å². The summed E-state index contributed by atoms with van der Waals surface area (Å²) in [6.45, 7) is 4.73. The van der Waals surface area contributed by atoms with Gasteiger partial charge in [0.25, 0.3) is 5.69 Å². The van der Waals surface area contributed by atoms with E-state index in [9.17, 15) is 14.9 Å². The molecule has 0 spiro atoms. The lowest BCUT2D eigenvalue weighted by molar-refractivity contribution is -0.384. The Balaban J connectivity index is 1.43. The molecule has 28 heavy (non-hydrogen) atoms. The highest BCUT2D eigenvalue weighted by atomic mass is 16.6. The van der Waals surface area contributed by atoms with E-state index in [2.05, 4.69) is 22.3 Å². The lowest BCUT2D eigenvalue weighted by Gasteiger charge is -2.36. The molecule has 0 aromatic heterocycles. The number of nitrogens with zero attached hydrogens (tertiary/aromatic N) is 3. The number of aryl methyl sites for hydroxylation is 1. The fourth-order valence-electron chi connectivity index (χ4n) is 3.35. The van der Waals surface area contributed by atoms with Gasteiger partial charge in [0, 0.05) is 50.0 Å². The Hall–Kier alpha value is -3.09. The molecule has 7 heteroatoms. The summed E-state index contributed by atoms with van der Waals surface area (Å²) >= 11 is 0. The summed E-state index contributed by atoms with van der Waals surface area (Å²) in [5.41, 5.74) is 2.31. The average Bonchev–Trinajstić information content (AvgIpc) is 2.73. The van der Waals surface area contributed by atoms with Crippen molar-refractivity contribution < 1.29 is 9.72 Å². The second kappa shape index (κ2) is 9.21. The first-order valence-electron chi connectivity index (χ1n) is 9.61. The van der Waals surface area contributed by atoms with Crippen LogP contribution in [0.2, 0.25) is 0 Å². The molecule has 1 fully saturated rings. The predicted molar refractivity (Wildman–Crippen MR) is 110 cm³/mol. The van der Waals surface area contributed by atoms with E-state index in [1.807, 2.05) is 30.0 Å². The molecule has 0 radical (unpaired) electrons. The van der Waals surface area contributed by atoms with Crippen molar-refractivity contribution in [2.24, 2.45) is 0 Å². The minimum atomic E-state index is -0.398. The minimum Gasteiger partial charge on any atom is -0.368 e. The summed E-state index contributed by atoms with van der Waals surface area (Å²) in [6, 6.07) is 16.9. The molecule has 0 aliphatic carbocycles. The Morgan fingerprint density at radius 1 is 1.07 bits per heavy atom. The molecule has 1 saturated heterocycles. The van der Waals surface area contributed by atoms with E-state index in [0.717, 1.165) is 18.5 Å². The van der Waals surface area contributed by atoms with Gasteiger partial charge in [0.05, 0.1) is 4.92 Å². The van der Waals surface area contributed by atoms with E-state index in [4.69, 9.17) is 0 Å². The fraction of sp³-hybridized carbons (Fsp3) is 0.381. The smallest absolute Gasteiger partial charge is 0.317 e. The normalized spacial score (nSPS) is 15.2. The molecule has 1 heterocycles. The molecule has 1 aliphatic heterocycles. The van der Waals surface area contributed by atoms with Gasteiger partial charge in [-0.05, 0) is 37.5 Å². The zero-order valence-corrected chi connectivity index (χ0v) is 16.1. The number of carbonyl (C=O) groups excluding carboxylic acids is 1. The van der Waals surface area contributed by atoms with Crippen molar-refractivity contribution in [3.05, 3.63) is 70.3 Å². The third kappa shape index (κ3) is 5.22. The average molecular weight is 382 g/mol. The number of carbonyl (C=O) groups is 1. The van der Waals surface area contributed by atoms with Crippen LogP contribution in [0, 0.1) is 10.1 Å². The summed E-state index contributed by atoms with van der Waals surface area (Å²) in [6.07, 6.45) is 1.84. The zero-order chi connectivity index (χ0) is 19.9. The molecule has 0 bridgehead atoms. The number of nitro groups is 1. The highest BCUT2D eigenvalue weighted by Gasteiger charge is 2.22. The number of piperazine rings is 1. The van der Waals surface area contributed by atoms with Crippen LogP contribution in [0.3, 0.4) is 0 Å². The topological polar surface area (TPSA) is 78.7 Å². The molecular formula is C21H26N4O3. The molecule has 7 nitrogen and oxygen atoms in total. The standard InChI is InChI=1S/C21H26N4O3/c1-17(7-8-18-5-3-2-4-6-18)22-21(26)24-15-13-23(14-16-24)19-9-11-20(12-10-19)25(27)28/h2-6,9-12,17H,7-8,13-16H2,1H3,(H,22,26)/t17-/m0/s1. The van der Waals surface area contributed by atoms with Crippen molar-refractivity contribution in [3.63, 3.8) is 0 Å². The second-order valence-electron chi connectivity index (χ2n) is 7.12. The Morgan fingerprint density at radius 3 is 2.32 bits per heavy atom. The number of non-ortho nitro benzene ring substituents is 1. The molecule has 1 N–H and O–H groups in total. The molecule has 1 aliphatic rings. The number of nitro benzene ring substituents is 1. The molecule has 148 valence electrons. The van der Waals surface area contributed by atoms with Gasteiger partial charge in [-0.25, -0.2) is 4.79 Å². The van der Waals surface area contributed by atoms with E-state index in [0.29, 0.717) is 26.2 Å². The van der Waals surface area contributed by atoms with Crippen LogP contribution in [0.5, 0.6) is 0 Å². The van der Waals surface area contributed by atoms with Crippen LogP contribution in [0.15, 0.2) is 54.6 Å². The molecule has 1 atom stereocenters. The van der Waals surface area contributed by atoms with Gasteiger partial charge in [0.15, 0.2) is 0 Å². The van der Waals surface area contributed by atoms with E-state index in [1.54, 1.807) is 12.1 Å². The minimum absolute atomic E-state index is 0.0242. The molecule has 3 rings (SSSR count). The number of rotatable bonds is 6. The number of anilines is 1. The largest absolute Gasteiger partial charge is 0.368 e. The van der Waals surface area contributed by atoms with Crippen molar-refractivity contribution in [3.8, 4) is 0 Å². The summed E-state index contributed by atoms with van der Waals surface area (Å²) < 4.78 is 0. The van der Waals surface area contributed by atoms with E-state index in [-0.39, 0.29) is 17.8 Å². The number of urea groups is 1. The Bertz CT molecular complexity index is 787. The molecule has 0 unspecified atom stereocenters. The van der Waals surface area contributed by atoms with Gasteiger partial charge in [-0.3, -0.25) is 10.1 Å². The predicted octanol–water partition coefficient (Wildman–Crippen LogP) is 3.45. The monoisotopic (exact) mass is 382 g/mol. The van der Waals surface area contributed by atoms with Gasteiger partial charge < -0.3 is 15.1 Å². The third-order valence-corrected chi connectivity index (χ3v) is 5.07. The Labute approximate surface area is 165 Å². The van der Waals surface area contributed by atoms with Crippen molar-refractivity contribution in [1.82, 2.24) is 10.2 Å². The number of nitrogens with one attached hydrogen (secondary N) is 1. The van der Waals surface area contributed by atoms with Crippen LogP contribution in [0.1, 0.15) is 18.9 Å². The van der Waals surface area contributed by atoms with Crippen LogP contribution >= 0.6 is 0 Å². The van der Waals surface area contributed by atoms with Gasteiger partial charge in [0.1, 0.15) is 0 Å². The van der Waals surface area contributed by atoms with Gasteiger partial charge in [-0.2, -0.15) is 0 Å². The van der Waals surface area contributed by atoms with Gasteiger partial charge in [-0.1, -0.05) is 30.3 Å². The molecule has 2 aromatic carbocycles. The van der Waals surface area contributed by atoms with Crippen molar-refractivity contribution in [2.45, 2.75) is 25.8 Å². The lowest BCUT2D eigenvalue weighted by Crippen LogP contribution is -2.53. The number of hydrogen-bond donors (Lipinski definition) is 1. The first kappa shape index (κ1) is 19.7. The maximum absolute atomic E-state index is 12.5. The van der Waals surface area contributed by atoms with Crippen molar-refractivity contribution in [2.75, 3.05) is 31.1 Å². The van der Waals surface area contributed by atoms with Crippen LogP contribution in [-0.4, -0.2) is 48.1 Å².